The van der Waals surface area contributed by atoms with E-state index in [0.29, 0.717) is 17.4 Å². The first-order chi connectivity index (χ1) is 41.1. The van der Waals surface area contributed by atoms with Crippen molar-refractivity contribution in [3.63, 3.8) is 0 Å². The quantitative estimate of drug-likeness (QED) is 0.0195. The van der Waals surface area contributed by atoms with E-state index in [2.05, 4.69) is 26.0 Å². The van der Waals surface area contributed by atoms with Gasteiger partial charge in [-0.15, -0.1) is 0 Å². The molecule has 0 radical (unpaired) electrons. The van der Waals surface area contributed by atoms with Crippen LogP contribution in [-0.2, 0) is 33.3 Å². The second kappa shape index (κ2) is 67.0. The van der Waals surface area contributed by atoms with Crippen LogP contribution >= 0.6 is 0 Å². The Kier molecular flexibility index (Phi) is 65.4. The van der Waals surface area contributed by atoms with Gasteiger partial charge in [-0.25, -0.2) is 0 Å². The zero-order valence-corrected chi connectivity index (χ0v) is 57.1. The lowest BCUT2D eigenvalue weighted by molar-refractivity contribution is -0.870. The van der Waals surface area contributed by atoms with Crippen LogP contribution in [0.25, 0.3) is 0 Å². The van der Waals surface area contributed by atoms with Gasteiger partial charge >= 0.3 is 11.9 Å². The fourth-order valence-corrected chi connectivity index (χ4v) is 11.5. The number of hydrogen-bond donors (Lipinski definition) is 0. The number of esters is 2. The van der Waals surface area contributed by atoms with Gasteiger partial charge in [0.1, 0.15) is 13.2 Å². The summed E-state index contributed by atoms with van der Waals surface area (Å²) in [4.78, 5) is 37.5. The van der Waals surface area contributed by atoms with Crippen LogP contribution in [0, 0.1) is 0 Å². The van der Waals surface area contributed by atoms with Gasteiger partial charge in [-0.2, -0.15) is 0 Å². The van der Waals surface area contributed by atoms with Gasteiger partial charge in [0, 0.05) is 12.8 Å². The van der Waals surface area contributed by atoms with Crippen molar-refractivity contribution in [3.8, 4) is 0 Å². The Morgan fingerprint density at radius 1 is 0.345 bits per heavy atom. The Morgan fingerprint density at radius 2 is 0.607 bits per heavy atom. The summed E-state index contributed by atoms with van der Waals surface area (Å²) in [5.74, 6) is -2.24. The second-order valence-electron chi connectivity index (χ2n) is 27.0. The highest BCUT2D eigenvalue weighted by Gasteiger charge is 2.22. The third-order valence-electron chi connectivity index (χ3n) is 17.3. The number of rotatable bonds is 71. The second-order valence-corrected chi connectivity index (χ2v) is 27.0. The number of nitrogens with zero attached hydrogens (tertiary/aromatic N) is 1. The van der Waals surface area contributed by atoms with Gasteiger partial charge in [0.2, 0.25) is 0 Å². The molecular formula is C75H145NO8. The number of carbonyl (C=O) groups excluding carboxylic acids is 3. The van der Waals surface area contributed by atoms with Gasteiger partial charge in [0.05, 0.1) is 40.3 Å². The SMILES string of the molecule is CCCCCCCCCC/C=C\CCCCCCCCCCCCCCCCCCCCCCCC(=O)OC(COC(=O)CCCCCCCCCCCCCCCCCCCCCCCCCCCC)COC(OCC[N+](C)(C)C)C(=O)[O-]. The summed E-state index contributed by atoms with van der Waals surface area (Å²) in [7, 11) is 5.95. The van der Waals surface area contributed by atoms with Crippen LogP contribution < -0.4 is 5.11 Å². The van der Waals surface area contributed by atoms with Gasteiger partial charge < -0.3 is 33.3 Å². The van der Waals surface area contributed by atoms with Crippen molar-refractivity contribution in [1.82, 2.24) is 0 Å². The molecule has 0 aliphatic rings. The molecule has 2 atom stereocenters. The Hall–Kier alpha value is -1.97. The van der Waals surface area contributed by atoms with Crippen LogP contribution in [0.3, 0.4) is 0 Å². The highest BCUT2D eigenvalue weighted by atomic mass is 16.7. The number of carbonyl (C=O) groups is 3. The average molecular weight is 1190 g/mol. The molecule has 0 N–H and O–H groups in total. The van der Waals surface area contributed by atoms with E-state index in [9.17, 15) is 19.5 Å². The standard InChI is InChI=1S/C75H145NO8/c1-6-8-10-12-14-16-18-20-22-24-26-28-30-32-34-35-36-37-38-39-40-42-44-46-48-50-52-54-56-58-60-62-64-66-73(78)84-71(70-83-75(74(79)80)81-68-67-76(3,4)5)69-82-72(77)65-63-61-59-57-55-53-51-49-47-45-43-41-33-31-29-27-25-23-21-19-17-15-13-11-9-7-2/h24,26,71,75H,6-23,25,27-70H2,1-5H3/b26-24-. The van der Waals surface area contributed by atoms with Gasteiger partial charge in [0.25, 0.3) is 0 Å². The topological polar surface area (TPSA) is 111 Å². The maximum absolute atomic E-state index is 12.9. The van der Waals surface area contributed by atoms with Crippen LogP contribution in [0.1, 0.15) is 393 Å². The van der Waals surface area contributed by atoms with E-state index in [-0.39, 0.29) is 32.2 Å². The van der Waals surface area contributed by atoms with Gasteiger partial charge in [-0.3, -0.25) is 9.59 Å². The van der Waals surface area contributed by atoms with E-state index < -0.39 is 24.3 Å². The van der Waals surface area contributed by atoms with Crippen molar-refractivity contribution in [2.75, 3.05) is 47.5 Å². The van der Waals surface area contributed by atoms with E-state index in [4.69, 9.17) is 18.9 Å². The molecule has 0 aromatic heterocycles. The zero-order chi connectivity index (χ0) is 61.2. The third kappa shape index (κ3) is 67.5. The summed E-state index contributed by atoms with van der Waals surface area (Å²) in [6.45, 7) is 4.84. The van der Waals surface area contributed by atoms with Crippen molar-refractivity contribution in [1.29, 1.82) is 0 Å². The summed E-state index contributed by atoms with van der Waals surface area (Å²) in [6, 6.07) is 0. The Labute approximate surface area is 523 Å². The van der Waals surface area contributed by atoms with Crippen LogP contribution in [0.15, 0.2) is 12.2 Å². The first kappa shape index (κ1) is 82.0. The highest BCUT2D eigenvalue weighted by Crippen LogP contribution is 2.20. The number of aliphatic carboxylic acids is 1. The van der Waals surface area contributed by atoms with E-state index in [1.807, 2.05) is 21.1 Å². The first-order valence-corrected chi connectivity index (χ1v) is 37.3. The van der Waals surface area contributed by atoms with Crippen molar-refractivity contribution < 1.29 is 42.9 Å². The number of carboxylic acid groups (broad SMARTS) is 1. The monoisotopic (exact) mass is 1190 g/mol. The van der Waals surface area contributed by atoms with Gasteiger partial charge in [-0.05, 0) is 38.5 Å². The Bertz CT molecular complexity index is 1380. The molecule has 0 aliphatic carbocycles. The molecular weight excluding hydrogens is 1040 g/mol. The molecule has 0 saturated heterocycles. The van der Waals surface area contributed by atoms with Gasteiger partial charge in [-0.1, -0.05) is 353 Å². The number of carboxylic acids is 1. The first-order valence-electron chi connectivity index (χ1n) is 37.3. The average Bonchev–Trinajstić information content (AvgIpc) is 3.51. The number of likely N-dealkylation sites (N-methyl/N-ethyl adjacent to an activating group) is 1. The largest absolute Gasteiger partial charge is 0.545 e. The molecule has 84 heavy (non-hydrogen) atoms. The molecule has 9 heteroatoms. The van der Waals surface area contributed by atoms with Crippen molar-refractivity contribution in [3.05, 3.63) is 12.2 Å². The van der Waals surface area contributed by atoms with Crippen molar-refractivity contribution >= 4 is 17.9 Å². The molecule has 0 aromatic rings. The molecule has 0 heterocycles. The summed E-state index contributed by atoms with van der Waals surface area (Å²) in [5, 5.41) is 11.8. The van der Waals surface area contributed by atoms with Crippen LogP contribution in [0.4, 0.5) is 0 Å². The van der Waals surface area contributed by atoms with E-state index >= 15 is 0 Å². The number of allylic oxidation sites excluding steroid dienone is 2. The normalized spacial score (nSPS) is 12.6. The molecule has 0 fully saturated rings. The summed E-state index contributed by atoms with van der Waals surface area (Å²) >= 11 is 0. The molecule has 0 aliphatic heterocycles. The molecule has 0 saturated carbocycles. The number of unbranched alkanes of at least 4 members (excludes halogenated alkanes) is 54. The summed E-state index contributed by atoms with van der Waals surface area (Å²) < 4.78 is 22.9. The van der Waals surface area contributed by atoms with Gasteiger partial charge in [0.15, 0.2) is 12.4 Å². The molecule has 0 amide bonds. The Morgan fingerprint density at radius 3 is 0.881 bits per heavy atom. The fraction of sp³-hybridized carbons (Fsp3) is 0.933. The lowest BCUT2D eigenvalue weighted by Gasteiger charge is -2.26. The van der Waals surface area contributed by atoms with Crippen molar-refractivity contribution in [2.45, 2.75) is 405 Å². The van der Waals surface area contributed by atoms with Crippen LogP contribution in [-0.4, -0.2) is 82.3 Å². The third-order valence-corrected chi connectivity index (χ3v) is 17.3. The zero-order valence-electron chi connectivity index (χ0n) is 57.1. The van der Waals surface area contributed by atoms with Crippen LogP contribution in [0.2, 0.25) is 0 Å². The Balaban J connectivity index is 4.00. The molecule has 2 unspecified atom stereocenters. The fourth-order valence-electron chi connectivity index (χ4n) is 11.5. The maximum Gasteiger partial charge on any atom is 0.306 e. The predicted molar refractivity (Wildman–Crippen MR) is 357 cm³/mol. The van der Waals surface area contributed by atoms with E-state index in [0.717, 1.165) is 38.5 Å². The number of ether oxygens (including phenoxy) is 4. The minimum absolute atomic E-state index is 0.153. The smallest absolute Gasteiger partial charge is 0.306 e. The maximum atomic E-state index is 12.9. The summed E-state index contributed by atoms with van der Waals surface area (Å²) in [5.41, 5.74) is 0. The van der Waals surface area contributed by atoms with Crippen LogP contribution in [0.5, 0.6) is 0 Å². The molecule has 498 valence electrons. The molecule has 0 aromatic carbocycles. The van der Waals surface area contributed by atoms with E-state index in [1.54, 1.807) is 0 Å². The lowest BCUT2D eigenvalue weighted by atomic mass is 10.0. The molecule has 9 nitrogen and oxygen atoms in total. The summed E-state index contributed by atoms with van der Waals surface area (Å²) in [6.07, 6.45) is 78.9. The lowest BCUT2D eigenvalue weighted by Crippen LogP contribution is -2.44. The highest BCUT2D eigenvalue weighted by molar-refractivity contribution is 5.70. The number of hydrogen-bond acceptors (Lipinski definition) is 8. The molecule has 0 spiro atoms. The van der Waals surface area contributed by atoms with E-state index in [1.165, 1.54) is 327 Å². The molecule has 0 rings (SSSR count). The predicted octanol–water partition coefficient (Wildman–Crippen LogP) is 21.9. The molecule has 0 bridgehead atoms. The number of quaternary nitrogens is 1. The minimum atomic E-state index is -1.62. The minimum Gasteiger partial charge on any atom is -0.545 e. The van der Waals surface area contributed by atoms with Crippen molar-refractivity contribution in [2.24, 2.45) is 0 Å².